The number of carbonyl (C=O) groups is 2. The van der Waals surface area contributed by atoms with Crippen molar-refractivity contribution < 1.29 is 9.59 Å². The summed E-state index contributed by atoms with van der Waals surface area (Å²) in [6, 6.07) is 15.8. The molecule has 0 saturated heterocycles. The smallest absolute Gasteiger partial charge is 0.196 e. The molecule has 2 rings (SSSR count). The second kappa shape index (κ2) is 7.21. The standard InChI is InChI=1S/C17H12Cl2O2/c18-17(19)16(21)14-9-5-4-6-12(14)10-11-15(20)13-7-2-1-3-8-13/h1-11,17H. The van der Waals surface area contributed by atoms with Crippen LogP contribution in [0.5, 0.6) is 0 Å². The summed E-state index contributed by atoms with van der Waals surface area (Å²) in [6.07, 6.45) is 3.03. The summed E-state index contributed by atoms with van der Waals surface area (Å²) >= 11 is 11.2. The van der Waals surface area contributed by atoms with Gasteiger partial charge in [0.2, 0.25) is 0 Å². The molecule has 0 amide bonds. The van der Waals surface area contributed by atoms with Crippen molar-refractivity contribution in [3.05, 3.63) is 77.4 Å². The topological polar surface area (TPSA) is 34.1 Å². The van der Waals surface area contributed by atoms with E-state index in [0.717, 1.165) is 0 Å². The number of rotatable bonds is 5. The lowest BCUT2D eigenvalue weighted by Crippen LogP contribution is -2.09. The summed E-state index contributed by atoms with van der Waals surface area (Å²) in [5.41, 5.74) is 1.59. The Labute approximate surface area is 133 Å². The van der Waals surface area contributed by atoms with E-state index in [4.69, 9.17) is 23.2 Å². The van der Waals surface area contributed by atoms with Gasteiger partial charge in [0, 0.05) is 11.1 Å². The van der Waals surface area contributed by atoms with Crippen LogP contribution in [0.15, 0.2) is 60.7 Å². The fourth-order valence-electron chi connectivity index (χ4n) is 1.85. The van der Waals surface area contributed by atoms with Crippen LogP contribution in [0, 0.1) is 0 Å². The number of halogens is 2. The predicted octanol–water partition coefficient (Wildman–Crippen LogP) is 4.57. The molecule has 0 bridgehead atoms. The van der Waals surface area contributed by atoms with Gasteiger partial charge in [-0.15, -0.1) is 0 Å². The fraction of sp³-hybridized carbons (Fsp3) is 0.0588. The van der Waals surface area contributed by atoms with Gasteiger partial charge in [0.1, 0.15) is 0 Å². The molecule has 0 aromatic heterocycles. The third-order valence-corrected chi connectivity index (χ3v) is 3.29. The third-order valence-electron chi connectivity index (χ3n) is 2.90. The van der Waals surface area contributed by atoms with E-state index in [9.17, 15) is 9.59 Å². The highest BCUT2D eigenvalue weighted by atomic mass is 35.5. The number of hydrogen-bond donors (Lipinski definition) is 0. The Bertz CT molecular complexity index is 676. The van der Waals surface area contributed by atoms with Gasteiger partial charge in [-0.25, -0.2) is 0 Å². The van der Waals surface area contributed by atoms with Crippen molar-refractivity contribution in [3.63, 3.8) is 0 Å². The van der Waals surface area contributed by atoms with Gasteiger partial charge in [0.05, 0.1) is 0 Å². The zero-order chi connectivity index (χ0) is 15.2. The van der Waals surface area contributed by atoms with Gasteiger partial charge in [-0.2, -0.15) is 0 Å². The first-order valence-electron chi connectivity index (χ1n) is 6.28. The average molecular weight is 319 g/mol. The van der Waals surface area contributed by atoms with Crippen molar-refractivity contribution in [1.82, 2.24) is 0 Å². The summed E-state index contributed by atoms with van der Waals surface area (Å²) in [5, 5.41) is 0. The Morgan fingerprint density at radius 2 is 1.52 bits per heavy atom. The van der Waals surface area contributed by atoms with E-state index >= 15 is 0 Å². The van der Waals surface area contributed by atoms with Gasteiger partial charge in [-0.05, 0) is 11.6 Å². The van der Waals surface area contributed by atoms with Crippen LogP contribution in [0.25, 0.3) is 6.08 Å². The molecular weight excluding hydrogens is 307 g/mol. The largest absolute Gasteiger partial charge is 0.291 e. The number of allylic oxidation sites excluding steroid dienone is 1. The molecular formula is C17H12Cl2O2. The molecule has 0 atom stereocenters. The van der Waals surface area contributed by atoms with Gasteiger partial charge in [0.25, 0.3) is 0 Å². The number of ketones is 2. The normalized spacial score (nSPS) is 11.0. The van der Waals surface area contributed by atoms with E-state index in [1.807, 2.05) is 6.07 Å². The van der Waals surface area contributed by atoms with Crippen molar-refractivity contribution in [3.8, 4) is 0 Å². The van der Waals surface area contributed by atoms with Crippen molar-refractivity contribution >= 4 is 40.8 Å². The Kier molecular flexibility index (Phi) is 5.32. The van der Waals surface area contributed by atoms with Crippen molar-refractivity contribution in [2.75, 3.05) is 0 Å². The Morgan fingerprint density at radius 3 is 2.19 bits per heavy atom. The lowest BCUT2D eigenvalue weighted by atomic mass is 10.0. The third kappa shape index (κ3) is 4.03. The molecule has 0 aliphatic rings. The molecule has 0 spiro atoms. The first kappa shape index (κ1) is 15.5. The Hall–Kier alpha value is -1.90. The van der Waals surface area contributed by atoms with Crippen LogP contribution >= 0.6 is 23.2 Å². The van der Waals surface area contributed by atoms with Crippen LogP contribution in [0.2, 0.25) is 0 Å². The minimum atomic E-state index is -1.12. The molecule has 2 aromatic carbocycles. The summed E-state index contributed by atoms with van der Waals surface area (Å²) in [4.78, 5) is 22.8. The van der Waals surface area contributed by atoms with Crippen LogP contribution in [-0.4, -0.2) is 16.4 Å². The molecule has 0 N–H and O–H groups in total. The average Bonchev–Trinajstić information content (AvgIpc) is 2.53. The van der Waals surface area contributed by atoms with E-state index in [1.54, 1.807) is 54.6 Å². The van der Waals surface area contributed by atoms with Gasteiger partial charge < -0.3 is 0 Å². The van der Waals surface area contributed by atoms with E-state index in [-0.39, 0.29) is 11.6 Å². The van der Waals surface area contributed by atoms with Crippen LogP contribution in [-0.2, 0) is 0 Å². The highest BCUT2D eigenvalue weighted by Gasteiger charge is 2.16. The van der Waals surface area contributed by atoms with Crippen molar-refractivity contribution in [2.24, 2.45) is 0 Å². The van der Waals surface area contributed by atoms with Crippen LogP contribution < -0.4 is 0 Å². The molecule has 4 heteroatoms. The van der Waals surface area contributed by atoms with E-state index in [2.05, 4.69) is 0 Å². The Balaban J connectivity index is 2.26. The number of alkyl halides is 2. The highest BCUT2D eigenvalue weighted by Crippen LogP contribution is 2.18. The molecule has 0 aliphatic carbocycles. The van der Waals surface area contributed by atoms with Gasteiger partial charge >= 0.3 is 0 Å². The number of benzene rings is 2. The van der Waals surface area contributed by atoms with Crippen LogP contribution in [0.3, 0.4) is 0 Å². The van der Waals surface area contributed by atoms with Gasteiger partial charge in [0.15, 0.2) is 16.4 Å². The maximum atomic E-state index is 12.0. The SMILES string of the molecule is O=C(C=Cc1ccccc1C(=O)C(Cl)Cl)c1ccccc1. The van der Waals surface area contributed by atoms with E-state index in [1.165, 1.54) is 6.08 Å². The molecule has 0 unspecified atom stereocenters. The van der Waals surface area contributed by atoms with Gasteiger partial charge in [-0.1, -0.05) is 83.9 Å². The molecule has 0 heterocycles. The minimum absolute atomic E-state index is 0.133. The molecule has 2 aromatic rings. The maximum absolute atomic E-state index is 12.0. The zero-order valence-corrected chi connectivity index (χ0v) is 12.5. The lowest BCUT2D eigenvalue weighted by Gasteiger charge is -2.05. The quantitative estimate of drug-likeness (QED) is 0.460. The molecule has 21 heavy (non-hydrogen) atoms. The number of hydrogen-bond acceptors (Lipinski definition) is 2. The summed E-state index contributed by atoms with van der Waals surface area (Å²) in [5.74, 6) is -0.517. The van der Waals surface area contributed by atoms with Crippen LogP contribution in [0.4, 0.5) is 0 Å². The van der Waals surface area contributed by atoms with Crippen molar-refractivity contribution in [1.29, 1.82) is 0 Å². The predicted molar refractivity (Wildman–Crippen MR) is 86.1 cm³/mol. The minimum Gasteiger partial charge on any atom is -0.291 e. The molecule has 0 radical (unpaired) electrons. The molecule has 106 valence electrons. The maximum Gasteiger partial charge on any atom is 0.196 e. The van der Waals surface area contributed by atoms with Gasteiger partial charge in [-0.3, -0.25) is 9.59 Å². The van der Waals surface area contributed by atoms with E-state index < -0.39 is 4.84 Å². The van der Waals surface area contributed by atoms with E-state index in [0.29, 0.717) is 16.7 Å². The monoisotopic (exact) mass is 318 g/mol. The second-order valence-electron chi connectivity index (χ2n) is 4.32. The molecule has 0 aliphatic heterocycles. The highest BCUT2D eigenvalue weighted by molar-refractivity contribution is 6.55. The summed E-state index contributed by atoms with van der Waals surface area (Å²) in [6.45, 7) is 0. The molecule has 0 saturated carbocycles. The molecule has 2 nitrogen and oxygen atoms in total. The lowest BCUT2D eigenvalue weighted by molar-refractivity contribution is 0.100. The first-order chi connectivity index (χ1) is 10.1. The number of carbonyl (C=O) groups excluding carboxylic acids is 2. The zero-order valence-electron chi connectivity index (χ0n) is 11.0. The summed E-state index contributed by atoms with van der Waals surface area (Å²) in [7, 11) is 0. The Morgan fingerprint density at radius 1 is 0.905 bits per heavy atom. The fourth-order valence-corrected chi connectivity index (χ4v) is 2.08. The summed E-state index contributed by atoms with van der Waals surface area (Å²) < 4.78 is 0. The molecule has 0 fully saturated rings. The first-order valence-corrected chi connectivity index (χ1v) is 7.15. The number of Topliss-reactive ketones (excluding diaryl/α,β-unsaturated/α-hetero) is 1. The van der Waals surface area contributed by atoms with Crippen molar-refractivity contribution in [2.45, 2.75) is 4.84 Å². The van der Waals surface area contributed by atoms with Crippen LogP contribution in [0.1, 0.15) is 26.3 Å². The second-order valence-corrected chi connectivity index (χ2v) is 5.41.